The van der Waals surface area contributed by atoms with Gasteiger partial charge in [-0.15, -0.1) is 0 Å². The van der Waals surface area contributed by atoms with Crippen LogP contribution in [0.15, 0.2) is 53.5 Å². The van der Waals surface area contributed by atoms with Gasteiger partial charge >= 0.3 is 0 Å². The second kappa shape index (κ2) is 11.8. The highest BCUT2D eigenvalue weighted by Crippen LogP contribution is 2.08. The molecule has 2 aromatic carbocycles. The highest BCUT2D eigenvalue weighted by atomic mass is 19.1. The molecular weight excluding hydrogens is 369 g/mol. The van der Waals surface area contributed by atoms with E-state index in [9.17, 15) is 9.18 Å². The van der Waals surface area contributed by atoms with E-state index in [0.29, 0.717) is 43.3 Å². The predicted molar refractivity (Wildman–Crippen MR) is 115 cm³/mol. The molecule has 7 heteroatoms. The van der Waals surface area contributed by atoms with Crippen molar-refractivity contribution in [2.45, 2.75) is 20.0 Å². The molecule has 0 atom stereocenters. The average Bonchev–Trinajstić information content (AvgIpc) is 2.71. The van der Waals surface area contributed by atoms with Gasteiger partial charge in [0.05, 0.1) is 6.54 Å². The van der Waals surface area contributed by atoms with Crippen molar-refractivity contribution in [1.82, 2.24) is 20.9 Å². The maximum atomic E-state index is 13.8. The van der Waals surface area contributed by atoms with Crippen molar-refractivity contribution in [3.05, 3.63) is 71.0 Å². The minimum Gasteiger partial charge on any atom is -0.357 e. The van der Waals surface area contributed by atoms with Gasteiger partial charge in [0.2, 0.25) is 0 Å². The van der Waals surface area contributed by atoms with Crippen LogP contribution in [0.2, 0.25) is 0 Å². The summed E-state index contributed by atoms with van der Waals surface area (Å²) in [6.45, 7) is 4.79. The van der Waals surface area contributed by atoms with Crippen LogP contribution in [0.3, 0.4) is 0 Å². The topological polar surface area (TPSA) is 68.8 Å². The van der Waals surface area contributed by atoms with Crippen LogP contribution in [0.25, 0.3) is 0 Å². The van der Waals surface area contributed by atoms with Crippen LogP contribution < -0.4 is 16.0 Å². The molecule has 156 valence electrons. The minimum atomic E-state index is -0.246. The summed E-state index contributed by atoms with van der Waals surface area (Å²) >= 11 is 0. The van der Waals surface area contributed by atoms with E-state index in [0.717, 1.165) is 12.1 Å². The van der Waals surface area contributed by atoms with Crippen molar-refractivity contribution in [2.75, 3.05) is 33.7 Å². The molecule has 29 heavy (non-hydrogen) atoms. The highest BCUT2D eigenvalue weighted by molar-refractivity contribution is 5.94. The van der Waals surface area contributed by atoms with E-state index in [1.54, 1.807) is 24.3 Å². The zero-order chi connectivity index (χ0) is 21.1. The van der Waals surface area contributed by atoms with Gasteiger partial charge in [0.25, 0.3) is 5.91 Å². The van der Waals surface area contributed by atoms with Crippen LogP contribution >= 0.6 is 0 Å². The second-order valence-corrected chi connectivity index (χ2v) is 6.90. The summed E-state index contributed by atoms with van der Waals surface area (Å²) in [6.07, 6.45) is 0. The number of halogens is 1. The van der Waals surface area contributed by atoms with Crippen LogP contribution in [-0.4, -0.2) is 50.5 Å². The number of hydrogen-bond donors (Lipinski definition) is 3. The first-order chi connectivity index (χ1) is 14.0. The lowest BCUT2D eigenvalue weighted by Gasteiger charge is -2.12. The van der Waals surface area contributed by atoms with Crippen molar-refractivity contribution in [3.8, 4) is 0 Å². The maximum Gasteiger partial charge on any atom is 0.251 e. The summed E-state index contributed by atoms with van der Waals surface area (Å²) < 4.78 is 13.8. The van der Waals surface area contributed by atoms with Crippen LogP contribution in [0.5, 0.6) is 0 Å². The van der Waals surface area contributed by atoms with E-state index in [1.807, 2.05) is 44.1 Å². The molecule has 6 nitrogen and oxygen atoms in total. The number of rotatable bonds is 9. The Kier molecular flexibility index (Phi) is 9.11. The fourth-order valence-corrected chi connectivity index (χ4v) is 2.64. The molecule has 0 aliphatic heterocycles. The number of aliphatic imine (C=N–C) groups is 1. The van der Waals surface area contributed by atoms with Gasteiger partial charge in [0, 0.05) is 37.3 Å². The molecule has 0 heterocycles. The third-order valence-corrected chi connectivity index (χ3v) is 4.20. The van der Waals surface area contributed by atoms with Gasteiger partial charge < -0.3 is 20.9 Å². The Labute approximate surface area is 172 Å². The number of guanidine groups is 1. The number of nitrogens with one attached hydrogen (secondary N) is 3. The van der Waals surface area contributed by atoms with Crippen LogP contribution in [-0.2, 0) is 13.1 Å². The Morgan fingerprint density at radius 3 is 2.59 bits per heavy atom. The standard InChI is InChI=1S/C22H30FN5O/c1-4-24-22(27-16-19-9-5-6-11-20(19)23)26-15-17-8-7-10-18(14-17)21(29)25-12-13-28(2)3/h5-11,14H,4,12-13,15-16H2,1-3H3,(H,25,29)(H2,24,26,27). The maximum absolute atomic E-state index is 13.8. The van der Waals surface area contributed by atoms with Gasteiger partial charge in [-0.05, 0) is 44.8 Å². The summed E-state index contributed by atoms with van der Waals surface area (Å²) in [7, 11) is 3.93. The Morgan fingerprint density at radius 2 is 1.86 bits per heavy atom. The van der Waals surface area contributed by atoms with Gasteiger partial charge in [-0.3, -0.25) is 4.79 Å². The fourth-order valence-electron chi connectivity index (χ4n) is 2.64. The molecular formula is C22H30FN5O. The zero-order valence-corrected chi connectivity index (χ0v) is 17.3. The molecule has 3 N–H and O–H groups in total. The summed E-state index contributed by atoms with van der Waals surface area (Å²) in [5.41, 5.74) is 2.11. The quantitative estimate of drug-likeness (QED) is 0.447. The molecule has 0 saturated carbocycles. The Hall–Kier alpha value is -2.93. The molecule has 0 radical (unpaired) electrons. The number of amides is 1. The Balaban J connectivity index is 1.97. The number of hydrogen-bond acceptors (Lipinski definition) is 3. The first-order valence-electron chi connectivity index (χ1n) is 9.77. The van der Waals surface area contributed by atoms with E-state index in [-0.39, 0.29) is 11.7 Å². The van der Waals surface area contributed by atoms with E-state index in [4.69, 9.17) is 0 Å². The predicted octanol–water partition coefficient (Wildman–Crippen LogP) is 2.37. The SMILES string of the molecule is CCNC(=NCc1cccc(C(=O)NCCN(C)C)c1)NCc1ccccc1F. The lowest BCUT2D eigenvalue weighted by molar-refractivity contribution is 0.0951. The molecule has 1 amide bonds. The summed E-state index contributed by atoms with van der Waals surface area (Å²) in [6, 6.07) is 14.1. The first-order valence-corrected chi connectivity index (χ1v) is 9.77. The summed E-state index contributed by atoms with van der Waals surface area (Å²) in [5, 5.41) is 9.20. The second-order valence-electron chi connectivity index (χ2n) is 6.90. The number of carbonyl (C=O) groups excluding carboxylic acids is 1. The third-order valence-electron chi connectivity index (χ3n) is 4.20. The van der Waals surface area contributed by atoms with Crippen molar-refractivity contribution < 1.29 is 9.18 Å². The van der Waals surface area contributed by atoms with Crippen LogP contribution in [0.4, 0.5) is 4.39 Å². The lowest BCUT2D eigenvalue weighted by Crippen LogP contribution is -2.37. The third kappa shape index (κ3) is 7.91. The summed E-state index contributed by atoms with van der Waals surface area (Å²) in [5.74, 6) is 0.252. The molecule has 0 unspecified atom stereocenters. The molecule has 0 aliphatic carbocycles. The van der Waals surface area contributed by atoms with Gasteiger partial charge in [-0.25, -0.2) is 9.38 Å². The minimum absolute atomic E-state index is 0.0951. The van der Waals surface area contributed by atoms with E-state index in [1.165, 1.54) is 6.07 Å². The molecule has 0 bridgehead atoms. The number of likely N-dealkylation sites (N-methyl/N-ethyl adjacent to an activating group) is 1. The molecule has 0 fully saturated rings. The monoisotopic (exact) mass is 399 g/mol. The fraction of sp³-hybridized carbons (Fsp3) is 0.364. The molecule has 2 aromatic rings. The van der Waals surface area contributed by atoms with E-state index >= 15 is 0 Å². The largest absolute Gasteiger partial charge is 0.357 e. The Morgan fingerprint density at radius 1 is 1.07 bits per heavy atom. The summed E-state index contributed by atoms with van der Waals surface area (Å²) in [4.78, 5) is 18.8. The van der Waals surface area contributed by atoms with Crippen molar-refractivity contribution in [1.29, 1.82) is 0 Å². The van der Waals surface area contributed by atoms with Crippen LogP contribution in [0, 0.1) is 5.82 Å². The zero-order valence-electron chi connectivity index (χ0n) is 17.3. The number of nitrogens with zero attached hydrogens (tertiary/aromatic N) is 2. The van der Waals surface area contributed by atoms with Crippen molar-refractivity contribution >= 4 is 11.9 Å². The highest BCUT2D eigenvalue weighted by Gasteiger charge is 2.07. The first kappa shape index (κ1) is 22.4. The average molecular weight is 400 g/mol. The smallest absolute Gasteiger partial charge is 0.251 e. The normalized spacial score (nSPS) is 11.4. The van der Waals surface area contributed by atoms with E-state index < -0.39 is 0 Å². The lowest BCUT2D eigenvalue weighted by atomic mass is 10.1. The molecule has 0 aliphatic rings. The van der Waals surface area contributed by atoms with Gasteiger partial charge in [-0.2, -0.15) is 0 Å². The molecule has 2 rings (SSSR count). The van der Waals surface area contributed by atoms with Crippen molar-refractivity contribution in [2.24, 2.45) is 4.99 Å². The van der Waals surface area contributed by atoms with E-state index in [2.05, 4.69) is 20.9 Å². The molecule has 0 spiro atoms. The van der Waals surface area contributed by atoms with Crippen molar-refractivity contribution in [3.63, 3.8) is 0 Å². The van der Waals surface area contributed by atoms with Gasteiger partial charge in [0.15, 0.2) is 5.96 Å². The number of benzene rings is 2. The molecule has 0 aromatic heterocycles. The number of carbonyl (C=O) groups is 1. The molecule has 0 saturated heterocycles. The van der Waals surface area contributed by atoms with Gasteiger partial charge in [0.1, 0.15) is 5.82 Å². The Bertz CT molecular complexity index is 822. The van der Waals surface area contributed by atoms with Gasteiger partial charge in [-0.1, -0.05) is 30.3 Å². The van der Waals surface area contributed by atoms with Crippen LogP contribution in [0.1, 0.15) is 28.4 Å².